The van der Waals surface area contributed by atoms with E-state index in [9.17, 15) is 0 Å². The predicted molar refractivity (Wildman–Crippen MR) is 181 cm³/mol. The Kier molecular flexibility index (Phi) is 8.87. The summed E-state index contributed by atoms with van der Waals surface area (Å²) in [7, 11) is 6.00. The first kappa shape index (κ1) is 30.1. The summed E-state index contributed by atoms with van der Waals surface area (Å²) in [6.45, 7) is 11.5. The predicted octanol–water partition coefficient (Wildman–Crippen LogP) is 7.27. The first-order valence-corrected chi connectivity index (χ1v) is 16.0. The van der Waals surface area contributed by atoms with Gasteiger partial charge in [-0.1, -0.05) is 56.2 Å². The van der Waals surface area contributed by atoms with Gasteiger partial charge in [0.25, 0.3) is 0 Å². The summed E-state index contributed by atoms with van der Waals surface area (Å²) in [5.74, 6) is 1.78. The van der Waals surface area contributed by atoms with Crippen molar-refractivity contribution >= 4 is 11.4 Å². The van der Waals surface area contributed by atoms with Crippen molar-refractivity contribution in [1.82, 2.24) is 24.8 Å². The van der Waals surface area contributed by atoms with Crippen LogP contribution in [0.15, 0.2) is 55.2 Å². The number of methoxy groups -OCH3 is 1. The third kappa shape index (κ3) is 6.04. The molecule has 1 aliphatic carbocycles. The van der Waals surface area contributed by atoms with Crippen LogP contribution >= 0.6 is 0 Å². The van der Waals surface area contributed by atoms with Crippen LogP contribution in [0.4, 0.5) is 5.69 Å². The van der Waals surface area contributed by atoms with Crippen LogP contribution in [0.1, 0.15) is 66.0 Å². The van der Waals surface area contributed by atoms with Crippen molar-refractivity contribution in [1.29, 1.82) is 0 Å². The number of pyridine rings is 1. The molecule has 1 aliphatic heterocycles. The van der Waals surface area contributed by atoms with Gasteiger partial charge in [0.2, 0.25) is 0 Å². The van der Waals surface area contributed by atoms with Crippen molar-refractivity contribution < 1.29 is 4.74 Å². The molecule has 0 spiro atoms. The van der Waals surface area contributed by atoms with Gasteiger partial charge in [0.1, 0.15) is 5.75 Å². The molecule has 7 heteroatoms. The summed E-state index contributed by atoms with van der Waals surface area (Å²) in [4.78, 5) is 12.2. The summed E-state index contributed by atoms with van der Waals surface area (Å²) >= 11 is 0. The molecule has 0 amide bonds. The minimum atomic E-state index is 0.591. The lowest BCUT2D eigenvalue weighted by atomic mass is 9.91. The number of nitrogens with one attached hydrogen (secondary N) is 2. The van der Waals surface area contributed by atoms with E-state index < -0.39 is 0 Å². The van der Waals surface area contributed by atoms with Gasteiger partial charge in [-0.05, 0) is 62.1 Å². The third-order valence-corrected chi connectivity index (χ3v) is 9.59. The van der Waals surface area contributed by atoms with Crippen LogP contribution in [0.2, 0.25) is 0 Å². The van der Waals surface area contributed by atoms with Gasteiger partial charge in [-0.2, -0.15) is 0 Å². The normalized spacial score (nSPS) is 15.7. The van der Waals surface area contributed by atoms with Gasteiger partial charge in [-0.3, -0.25) is 4.98 Å². The molecule has 2 aromatic heterocycles. The summed E-state index contributed by atoms with van der Waals surface area (Å²) in [5.41, 5.74) is 12.2. The number of ether oxygens (including phenoxy) is 1. The molecule has 0 radical (unpaired) electrons. The standard InChI is InChI=1S/C37H46N6O/c1-24-29(14-10-16-31(24)33-20-36(44-6)27(22-39-33)21-38-28-12-8-7-9-13-28)30-15-11-17-32(25(30)2)40-26(3)37-41-34-23-42(4)19-18-35(34)43(37)5/h10-11,14-17,20,22,28,38,40H,3,7-9,12-13,18-19,21,23H2,1-2,4-6H3. The van der Waals surface area contributed by atoms with E-state index in [1.54, 1.807) is 7.11 Å². The molecule has 0 atom stereocenters. The first-order valence-electron chi connectivity index (χ1n) is 16.0. The molecule has 1 fully saturated rings. The Hall–Kier alpha value is -3.94. The van der Waals surface area contributed by atoms with Crippen molar-refractivity contribution in [3.63, 3.8) is 0 Å². The fourth-order valence-corrected chi connectivity index (χ4v) is 6.91. The van der Waals surface area contributed by atoms with Gasteiger partial charge in [-0.25, -0.2) is 4.98 Å². The highest BCUT2D eigenvalue weighted by Gasteiger charge is 2.22. The average Bonchev–Trinajstić information content (AvgIpc) is 3.37. The highest BCUT2D eigenvalue weighted by Crippen LogP contribution is 2.37. The van der Waals surface area contributed by atoms with Crippen molar-refractivity contribution in [2.45, 2.75) is 71.5 Å². The van der Waals surface area contributed by atoms with Crippen LogP contribution in [0, 0.1) is 13.8 Å². The molecule has 44 heavy (non-hydrogen) atoms. The van der Waals surface area contributed by atoms with Crippen LogP contribution in [0.3, 0.4) is 0 Å². The largest absolute Gasteiger partial charge is 0.496 e. The number of fused-ring (bicyclic) bond motifs is 1. The first-order chi connectivity index (χ1) is 21.3. The molecule has 2 aliphatic rings. The molecule has 0 bridgehead atoms. The minimum absolute atomic E-state index is 0.591. The molecule has 7 nitrogen and oxygen atoms in total. The highest BCUT2D eigenvalue weighted by atomic mass is 16.5. The van der Waals surface area contributed by atoms with Gasteiger partial charge < -0.3 is 24.8 Å². The lowest BCUT2D eigenvalue weighted by Crippen LogP contribution is -2.30. The zero-order valence-electron chi connectivity index (χ0n) is 27.0. The number of benzene rings is 2. The van der Waals surface area contributed by atoms with Crippen LogP contribution < -0.4 is 15.4 Å². The summed E-state index contributed by atoms with van der Waals surface area (Å²) in [6.07, 6.45) is 9.49. The van der Waals surface area contributed by atoms with Crippen molar-refractivity contribution in [2.24, 2.45) is 7.05 Å². The Morgan fingerprint density at radius 3 is 2.50 bits per heavy atom. The minimum Gasteiger partial charge on any atom is -0.496 e. The van der Waals surface area contributed by atoms with Gasteiger partial charge in [0.05, 0.1) is 24.2 Å². The van der Waals surface area contributed by atoms with Crippen molar-refractivity contribution in [2.75, 3.05) is 26.0 Å². The number of nitrogens with zero attached hydrogens (tertiary/aromatic N) is 4. The molecule has 4 aromatic rings. The van der Waals surface area contributed by atoms with E-state index in [1.807, 2.05) is 6.20 Å². The smallest absolute Gasteiger partial charge is 0.156 e. The second-order valence-corrected chi connectivity index (χ2v) is 12.5. The van der Waals surface area contributed by atoms with E-state index in [2.05, 4.69) is 97.1 Å². The monoisotopic (exact) mass is 590 g/mol. The maximum atomic E-state index is 5.84. The number of hydrogen-bond acceptors (Lipinski definition) is 6. The Bertz CT molecular complexity index is 1660. The van der Waals surface area contributed by atoms with Gasteiger partial charge in [-0.15, -0.1) is 0 Å². The summed E-state index contributed by atoms with van der Waals surface area (Å²) in [5, 5.41) is 7.32. The molecular formula is C37H46N6O. The second-order valence-electron chi connectivity index (χ2n) is 12.5. The molecule has 0 unspecified atom stereocenters. The SMILES string of the molecule is C=C(Nc1cccc(-c2cccc(-c3cc(OC)c(CNC4CCCCC4)cn3)c2C)c1C)c1nc2c(n1C)CCN(C)C2. The number of anilines is 1. The lowest BCUT2D eigenvalue weighted by molar-refractivity contribution is 0.305. The maximum Gasteiger partial charge on any atom is 0.156 e. The summed E-state index contributed by atoms with van der Waals surface area (Å²) < 4.78 is 8.04. The van der Waals surface area contributed by atoms with E-state index in [1.165, 1.54) is 60.1 Å². The fourth-order valence-electron chi connectivity index (χ4n) is 6.91. The number of likely N-dealkylation sites (N-methyl/N-ethyl adjacent to an activating group) is 1. The highest BCUT2D eigenvalue weighted by molar-refractivity contribution is 5.84. The van der Waals surface area contributed by atoms with Crippen LogP contribution in [0.5, 0.6) is 5.75 Å². The molecule has 1 saturated carbocycles. The molecule has 0 saturated heterocycles. The number of imidazole rings is 1. The number of rotatable bonds is 9. The third-order valence-electron chi connectivity index (χ3n) is 9.59. The van der Waals surface area contributed by atoms with E-state index in [4.69, 9.17) is 14.7 Å². The van der Waals surface area contributed by atoms with E-state index in [-0.39, 0.29) is 0 Å². The van der Waals surface area contributed by atoms with E-state index in [0.29, 0.717) is 6.04 Å². The van der Waals surface area contributed by atoms with Crippen LogP contribution in [-0.2, 0) is 26.6 Å². The van der Waals surface area contributed by atoms with E-state index >= 15 is 0 Å². The number of aromatic nitrogens is 3. The molecular weight excluding hydrogens is 544 g/mol. The van der Waals surface area contributed by atoms with Crippen molar-refractivity contribution in [3.8, 4) is 28.1 Å². The second kappa shape index (κ2) is 13.0. The molecule has 230 valence electrons. The quantitative estimate of drug-likeness (QED) is 0.214. The van der Waals surface area contributed by atoms with Gasteiger partial charge in [0, 0.05) is 73.9 Å². The molecule has 2 N–H and O–H groups in total. The van der Waals surface area contributed by atoms with Crippen LogP contribution in [-0.4, -0.2) is 46.2 Å². The zero-order chi connectivity index (χ0) is 30.8. The molecule has 6 rings (SSSR count). The Morgan fingerprint density at radius 1 is 1.00 bits per heavy atom. The molecule has 2 aromatic carbocycles. The topological polar surface area (TPSA) is 67.2 Å². The lowest BCUT2D eigenvalue weighted by Gasteiger charge is -2.23. The fraction of sp³-hybridized carbons (Fsp3) is 0.405. The van der Waals surface area contributed by atoms with Crippen molar-refractivity contribution in [3.05, 3.63) is 89.1 Å². The van der Waals surface area contributed by atoms with Gasteiger partial charge >= 0.3 is 0 Å². The summed E-state index contributed by atoms with van der Waals surface area (Å²) in [6, 6.07) is 15.6. The van der Waals surface area contributed by atoms with E-state index in [0.717, 1.165) is 71.5 Å². The number of hydrogen-bond donors (Lipinski definition) is 2. The van der Waals surface area contributed by atoms with Crippen LogP contribution in [0.25, 0.3) is 28.1 Å². The zero-order valence-corrected chi connectivity index (χ0v) is 27.0. The Morgan fingerprint density at radius 2 is 1.73 bits per heavy atom. The molecule has 3 heterocycles. The average molecular weight is 591 g/mol. The Balaban J connectivity index is 1.24. The van der Waals surface area contributed by atoms with Gasteiger partial charge in [0.15, 0.2) is 5.82 Å². The maximum absolute atomic E-state index is 5.84. The Labute approximate surface area is 262 Å².